The molecule has 1 fully saturated rings. The second-order valence-corrected chi connectivity index (χ2v) is 4.15. The minimum Gasteiger partial charge on any atom is -0.313 e. The molecule has 1 aliphatic rings. The molecule has 0 heterocycles. The van der Waals surface area contributed by atoms with Crippen LogP contribution < -0.4 is 5.32 Å². The molecular formula is C12H21N. The van der Waals surface area contributed by atoms with Crippen LogP contribution in [0.15, 0.2) is 0 Å². The average Bonchev–Trinajstić information content (AvgIpc) is 2.43. The molecule has 0 saturated heterocycles. The fourth-order valence-corrected chi connectivity index (χ4v) is 2.10. The van der Waals surface area contributed by atoms with Gasteiger partial charge in [-0.1, -0.05) is 13.8 Å². The van der Waals surface area contributed by atoms with Gasteiger partial charge in [0, 0.05) is 19.0 Å². The third-order valence-electron chi connectivity index (χ3n) is 3.30. The lowest BCUT2D eigenvalue weighted by molar-refractivity contribution is 0.374. The average molecular weight is 179 g/mol. The Morgan fingerprint density at radius 2 is 2.08 bits per heavy atom. The molecule has 0 radical (unpaired) electrons. The molecule has 1 aliphatic carbocycles. The Labute approximate surface area is 82.3 Å². The van der Waals surface area contributed by atoms with E-state index in [0.29, 0.717) is 0 Å². The predicted molar refractivity (Wildman–Crippen MR) is 57.4 cm³/mol. The highest BCUT2D eigenvalue weighted by Crippen LogP contribution is 2.30. The second kappa shape index (κ2) is 5.29. The van der Waals surface area contributed by atoms with E-state index >= 15 is 0 Å². The zero-order chi connectivity index (χ0) is 9.68. The Kier molecular flexibility index (Phi) is 4.32. The summed E-state index contributed by atoms with van der Waals surface area (Å²) >= 11 is 0. The summed E-state index contributed by atoms with van der Waals surface area (Å²) in [5.74, 6) is 7.75. The SMILES string of the molecule is CC#CCCNC1CCC(C)C1C. The standard InChI is InChI=1S/C12H21N/c1-4-5-6-9-13-12-8-7-10(2)11(12)3/h10-13H,6-9H2,1-3H3. The zero-order valence-electron chi connectivity index (χ0n) is 9.06. The summed E-state index contributed by atoms with van der Waals surface area (Å²) in [6, 6.07) is 0.744. The molecule has 0 aromatic rings. The first-order chi connectivity index (χ1) is 6.25. The van der Waals surface area contributed by atoms with E-state index in [4.69, 9.17) is 0 Å². The molecule has 3 atom stereocenters. The van der Waals surface area contributed by atoms with Gasteiger partial charge in [-0.15, -0.1) is 11.8 Å². The van der Waals surface area contributed by atoms with E-state index in [1.807, 2.05) is 6.92 Å². The lowest BCUT2D eigenvalue weighted by Crippen LogP contribution is -2.32. The van der Waals surface area contributed by atoms with E-state index in [2.05, 4.69) is 31.0 Å². The molecule has 1 N–H and O–H groups in total. The summed E-state index contributed by atoms with van der Waals surface area (Å²) in [6.45, 7) is 7.68. The molecule has 0 aliphatic heterocycles. The van der Waals surface area contributed by atoms with Gasteiger partial charge in [-0.05, 0) is 31.6 Å². The van der Waals surface area contributed by atoms with Crippen LogP contribution in [0.4, 0.5) is 0 Å². The highest BCUT2D eigenvalue weighted by Gasteiger charge is 2.28. The van der Waals surface area contributed by atoms with E-state index in [1.54, 1.807) is 0 Å². The smallest absolute Gasteiger partial charge is 0.0214 e. The first kappa shape index (κ1) is 10.6. The first-order valence-corrected chi connectivity index (χ1v) is 5.38. The molecule has 13 heavy (non-hydrogen) atoms. The lowest BCUT2D eigenvalue weighted by Gasteiger charge is -2.18. The summed E-state index contributed by atoms with van der Waals surface area (Å²) in [7, 11) is 0. The molecule has 74 valence electrons. The van der Waals surface area contributed by atoms with Crippen LogP contribution >= 0.6 is 0 Å². The number of hydrogen-bond acceptors (Lipinski definition) is 1. The van der Waals surface area contributed by atoms with Gasteiger partial charge in [0.05, 0.1) is 0 Å². The van der Waals surface area contributed by atoms with Crippen molar-refractivity contribution in [3.8, 4) is 11.8 Å². The summed E-state index contributed by atoms with van der Waals surface area (Å²) in [4.78, 5) is 0. The Balaban J connectivity index is 2.17. The second-order valence-electron chi connectivity index (χ2n) is 4.15. The minimum absolute atomic E-state index is 0.744. The predicted octanol–water partition coefficient (Wildman–Crippen LogP) is 2.42. The van der Waals surface area contributed by atoms with Gasteiger partial charge in [0.15, 0.2) is 0 Å². The van der Waals surface area contributed by atoms with Crippen LogP contribution in [0.2, 0.25) is 0 Å². The Bertz CT molecular complexity index is 199. The molecule has 0 bridgehead atoms. The molecule has 0 aromatic carbocycles. The lowest BCUT2D eigenvalue weighted by atomic mass is 9.98. The largest absolute Gasteiger partial charge is 0.313 e. The monoisotopic (exact) mass is 179 g/mol. The maximum atomic E-state index is 3.59. The summed E-state index contributed by atoms with van der Waals surface area (Å²) in [6.07, 6.45) is 3.73. The zero-order valence-corrected chi connectivity index (χ0v) is 9.06. The van der Waals surface area contributed by atoms with Crippen molar-refractivity contribution in [3.05, 3.63) is 0 Å². The normalized spacial score (nSPS) is 32.7. The molecule has 0 aromatic heterocycles. The van der Waals surface area contributed by atoms with Gasteiger partial charge in [0.2, 0.25) is 0 Å². The molecule has 1 saturated carbocycles. The third-order valence-corrected chi connectivity index (χ3v) is 3.30. The minimum atomic E-state index is 0.744. The van der Waals surface area contributed by atoms with Gasteiger partial charge >= 0.3 is 0 Å². The molecular weight excluding hydrogens is 158 g/mol. The van der Waals surface area contributed by atoms with E-state index < -0.39 is 0 Å². The van der Waals surface area contributed by atoms with Crippen LogP contribution in [0.1, 0.15) is 40.0 Å². The maximum Gasteiger partial charge on any atom is 0.0214 e. The first-order valence-electron chi connectivity index (χ1n) is 5.38. The Morgan fingerprint density at radius 3 is 2.62 bits per heavy atom. The van der Waals surface area contributed by atoms with E-state index in [-0.39, 0.29) is 0 Å². The van der Waals surface area contributed by atoms with Crippen LogP contribution in [0, 0.1) is 23.7 Å². The van der Waals surface area contributed by atoms with Crippen LogP contribution in [0.3, 0.4) is 0 Å². The van der Waals surface area contributed by atoms with Gasteiger partial charge in [-0.2, -0.15) is 0 Å². The van der Waals surface area contributed by atoms with E-state index in [9.17, 15) is 0 Å². The summed E-state index contributed by atoms with van der Waals surface area (Å²) in [5, 5.41) is 3.59. The van der Waals surface area contributed by atoms with E-state index in [0.717, 1.165) is 30.8 Å². The van der Waals surface area contributed by atoms with Crippen molar-refractivity contribution in [3.63, 3.8) is 0 Å². The van der Waals surface area contributed by atoms with Crippen LogP contribution in [-0.4, -0.2) is 12.6 Å². The van der Waals surface area contributed by atoms with Crippen molar-refractivity contribution in [1.29, 1.82) is 0 Å². The topological polar surface area (TPSA) is 12.0 Å². The number of hydrogen-bond donors (Lipinski definition) is 1. The van der Waals surface area contributed by atoms with Crippen LogP contribution in [0.25, 0.3) is 0 Å². The van der Waals surface area contributed by atoms with Gasteiger partial charge in [-0.25, -0.2) is 0 Å². The van der Waals surface area contributed by atoms with Crippen LogP contribution in [0.5, 0.6) is 0 Å². The summed E-state index contributed by atoms with van der Waals surface area (Å²) in [5.41, 5.74) is 0. The fourth-order valence-electron chi connectivity index (χ4n) is 2.10. The molecule has 0 spiro atoms. The Hall–Kier alpha value is -0.480. The molecule has 1 nitrogen and oxygen atoms in total. The summed E-state index contributed by atoms with van der Waals surface area (Å²) < 4.78 is 0. The highest BCUT2D eigenvalue weighted by molar-refractivity contribution is 4.95. The van der Waals surface area contributed by atoms with Crippen molar-refractivity contribution in [1.82, 2.24) is 5.32 Å². The van der Waals surface area contributed by atoms with Gasteiger partial charge < -0.3 is 5.32 Å². The Morgan fingerprint density at radius 1 is 1.31 bits per heavy atom. The van der Waals surface area contributed by atoms with Crippen molar-refractivity contribution < 1.29 is 0 Å². The fraction of sp³-hybridized carbons (Fsp3) is 0.833. The van der Waals surface area contributed by atoms with Crippen molar-refractivity contribution in [2.24, 2.45) is 11.8 Å². The number of nitrogens with one attached hydrogen (secondary N) is 1. The number of rotatable bonds is 3. The maximum absolute atomic E-state index is 3.59. The molecule has 1 rings (SSSR count). The van der Waals surface area contributed by atoms with E-state index in [1.165, 1.54) is 12.8 Å². The third kappa shape index (κ3) is 3.04. The van der Waals surface area contributed by atoms with Crippen LogP contribution in [-0.2, 0) is 0 Å². The highest BCUT2D eigenvalue weighted by atomic mass is 14.9. The van der Waals surface area contributed by atoms with Gasteiger partial charge in [-0.3, -0.25) is 0 Å². The van der Waals surface area contributed by atoms with Crippen molar-refractivity contribution >= 4 is 0 Å². The van der Waals surface area contributed by atoms with Crippen molar-refractivity contribution in [2.45, 2.75) is 46.1 Å². The van der Waals surface area contributed by atoms with Gasteiger partial charge in [0.1, 0.15) is 0 Å². The van der Waals surface area contributed by atoms with Gasteiger partial charge in [0.25, 0.3) is 0 Å². The van der Waals surface area contributed by atoms with Crippen molar-refractivity contribution in [2.75, 3.05) is 6.54 Å². The quantitative estimate of drug-likeness (QED) is 0.518. The molecule has 3 unspecified atom stereocenters. The molecule has 1 heteroatoms. The molecule has 0 amide bonds.